The van der Waals surface area contributed by atoms with E-state index in [0.717, 1.165) is 0 Å². The van der Waals surface area contributed by atoms with Crippen LogP contribution in [0.3, 0.4) is 0 Å². The Kier molecular flexibility index (Phi) is 14.7. The molecule has 3 aliphatic carbocycles. The van der Waals surface area contributed by atoms with E-state index in [9.17, 15) is 29.4 Å². The van der Waals surface area contributed by atoms with Gasteiger partial charge >= 0.3 is 24.0 Å². The molecule has 6 rings (SSSR count). The quantitative estimate of drug-likeness (QED) is 0.0733. The topological polar surface area (TPSA) is 221 Å². The van der Waals surface area contributed by atoms with Crippen LogP contribution in [-0.4, -0.2) is 134 Å². The Morgan fingerprint density at radius 1 is 0.923 bits per heavy atom. The van der Waals surface area contributed by atoms with Gasteiger partial charge in [0.2, 0.25) is 0 Å². The van der Waals surface area contributed by atoms with Crippen LogP contribution in [0.4, 0.5) is 4.79 Å². The summed E-state index contributed by atoms with van der Waals surface area (Å²) in [6.45, 7) is 12.4. The SMILES string of the molecule is COCCO[C@H]1C[C@H]2OC[C@@]2(OC(C)=O)C2[C@H](OC(=O)c3ccccc3)[C@]3(O)C[C@H](OC(=O)[C@H](O)[C@@H](NC(=O)OC(C)(C)C)c4ccccc4)C(C)=C([C@@H](OCOC)C(=O)[C@@]21C)C3(C)C. The second kappa shape index (κ2) is 19.2. The average molecular weight is 910 g/mol. The summed E-state index contributed by atoms with van der Waals surface area (Å²) in [5.74, 6) is -4.75. The molecule has 2 saturated carbocycles. The Bertz CT molecular complexity index is 2100. The largest absolute Gasteiger partial charge is 0.456 e. The Balaban J connectivity index is 1.56. The molecule has 1 aliphatic heterocycles. The molecule has 1 saturated heterocycles. The van der Waals surface area contributed by atoms with Crippen molar-refractivity contribution >= 4 is 29.8 Å². The van der Waals surface area contributed by atoms with E-state index in [-0.39, 0.29) is 37.4 Å². The number of carbonyl (C=O) groups excluding carboxylic acids is 5. The molecule has 0 spiro atoms. The number of aliphatic hydroxyl groups excluding tert-OH is 1. The molecule has 0 radical (unpaired) electrons. The van der Waals surface area contributed by atoms with Crippen LogP contribution in [-0.2, 0) is 57.0 Å². The number of benzene rings is 2. The van der Waals surface area contributed by atoms with Crippen LogP contribution in [0.1, 0.15) is 90.2 Å². The van der Waals surface area contributed by atoms with Crippen LogP contribution in [0, 0.1) is 16.7 Å². The van der Waals surface area contributed by atoms with E-state index in [1.807, 2.05) is 0 Å². The highest BCUT2D eigenvalue weighted by Gasteiger charge is 2.78. The number of Topliss-reactive ketones (excluding diaryl/α,β-unsaturated/α-hetero) is 1. The highest BCUT2D eigenvalue weighted by molar-refractivity contribution is 5.94. The van der Waals surface area contributed by atoms with E-state index in [1.165, 1.54) is 33.3 Å². The maximum absolute atomic E-state index is 16.0. The van der Waals surface area contributed by atoms with Gasteiger partial charge in [-0.2, -0.15) is 0 Å². The number of aliphatic hydroxyl groups is 2. The molecule has 3 fully saturated rings. The zero-order chi connectivity index (χ0) is 47.7. The minimum absolute atomic E-state index is 0.0344. The van der Waals surface area contributed by atoms with E-state index in [4.69, 9.17) is 42.6 Å². The highest BCUT2D eigenvalue weighted by atomic mass is 16.7. The average Bonchev–Trinajstić information content (AvgIpc) is 3.24. The number of fused-ring (bicyclic) bond motifs is 5. The van der Waals surface area contributed by atoms with E-state index in [0.29, 0.717) is 11.1 Å². The molecular formula is C48H63NO16. The lowest BCUT2D eigenvalue weighted by atomic mass is 9.44. The molecule has 1 heterocycles. The van der Waals surface area contributed by atoms with Crippen LogP contribution >= 0.6 is 0 Å². The van der Waals surface area contributed by atoms with Gasteiger partial charge in [-0.15, -0.1) is 0 Å². The summed E-state index contributed by atoms with van der Waals surface area (Å²) in [4.78, 5) is 71.2. The molecule has 4 aliphatic rings. The van der Waals surface area contributed by atoms with Gasteiger partial charge in [0, 0.05) is 39.4 Å². The minimum atomic E-state index is -2.29. The second-order valence-corrected chi connectivity index (χ2v) is 19.0. The number of alkyl carbamates (subject to hydrolysis) is 1. The molecule has 3 N–H and O–H groups in total. The van der Waals surface area contributed by atoms with Crippen LogP contribution in [0.25, 0.3) is 0 Å². The van der Waals surface area contributed by atoms with Crippen molar-refractivity contribution < 1.29 is 76.8 Å². The number of ketones is 1. The molecule has 1 unspecified atom stereocenters. The molecule has 65 heavy (non-hydrogen) atoms. The van der Waals surface area contributed by atoms with Crippen molar-refractivity contribution in [2.24, 2.45) is 16.7 Å². The number of esters is 3. The smallest absolute Gasteiger partial charge is 0.408 e. The summed E-state index contributed by atoms with van der Waals surface area (Å²) in [6, 6.07) is 15.0. The van der Waals surface area contributed by atoms with Crippen molar-refractivity contribution in [2.45, 2.75) is 128 Å². The first-order valence-electron chi connectivity index (χ1n) is 21.8. The van der Waals surface area contributed by atoms with E-state index in [2.05, 4.69) is 5.32 Å². The van der Waals surface area contributed by atoms with Gasteiger partial charge in [0.05, 0.1) is 48.9 Å². The van der Waals surface area contributed by atoms with E-state index >= 15 is 4.79 Å². The van der Waals surface area contributed by atoms with E-state index in [1.54, 1.807) is 97.0 Å². The zero-order valence-corrected chi connectivity index (χ0v) is 38.7. The standard InChI is InChI=1S/C48H63NO16/c1-27-31(62-42(54)36(51)35(29-17-13-11-14-18-29)49-43(55)65-44(3,4)5)24-48(56)40(63-41(53)30-19-15-12-16-20-30)38-46(8,39(52)37(61-26-58-10)34(27)45(48,6)7)32(59-22-21-57-9)23-33-47(38,25-60-33)64-28(2)50/h11-20,31-33,35-38,40,51,56H,21-26H2,1-10H3,(H,49,55)/t31-,32-,33+,35-,36+,37+,38?,40-,46+,47-,48+/m0/s1. The normalized spacial score (nSPS) is 31.4. The summed E-state index contributed by atoms with van der Waals surface area (Å²) in [5.41, 5.74) is -7.23. The minimum Gasteiger partial charge on any atom is -0.456 e. The predicted octanol–water partition coefficient (Wildman–Crippen LogP) is 4.56. The maximum Gasteiger partial charge on any atom is 0.408 e. The van der Waals surface area contributed by atoms with Gasteiger partial charge < -0.3 is 58.2 Å². The monoisotopic (exact) mass is 909 g/mol. The first kappa shape index (κ1) is 49.7. The van der Waals surface area contributed by atoms with Crippen molar-refractivity contribution in [2.75, 3.05) is 40.8 Å². The highest BCUT2D eigenvalue weighted by Crippen LogP contribution is 2.65. The Morgan fingerprint density at radius 2 is 1.57 bits per heavy atom. The van der Waals surface area contributed by atoms with Crippen LogP contribution in [0.15, 0.2) is 71.8 Å². The lowest BCUT2D eigenvalue weighted by Gasteiger charge is -2.68. The van der Waals surface area contributed by atoms with Gasteiger partial charge in [0.25, 0.3) is 0 Å². The second-order valence-electron chi connectivity index (χ2n) is 19.0. The fraction of sp³-hybridized carbons (Fsp3) is 0.604. The van der Waals surface area contributed by atoms with Crippen molar-refractivity contribution in [1.82, 2.24) is 5.32 Å². The van der Waals surface area contributed by atoms with Crippen LogP contribution in [0.2, 0.25) is 0 Å². The number of hydrogen-bond donors (Lipinski definition) is 3. The molecular weight excluding hydrogens is 847 g/mol. The number of amides is 1. The van der Waals surface area contributed by atoms with E-state index < -0.39 is 119 Å². The van der Waals surface area contributed by atoms with Gasteiger partial charge in [0.15, 0.2) is 17.5 Å². The molecule has 0 aromatic heterocycles. The van der Waals surface area contributed by atoms with Crippen molar-refractivity contribution in [1.29, 1.82) is 0 Å². The van der Waals surface area contributed by atoms with Crippen LogP contribution < -0.4 is 5.32 Å². The summed E-state index contributed by atoms with van der Waals surface area (Å²) in [5, 5.41) is 28.3. The lowest BCUT2D eigenvalue weighted by molar-refractivity contribution is -0.349. The number of rotatable bonds is 15. The summed E-state index contributed by atoms with van der Waals surface area (Å²) in [6.07, 6.45) is -9.89. The molecule has 17 heteroatoms. The Morgan fingerprint density at radius 3 is 2.14 bits per heavy atom. The Labute approximate surface area is 379 Å². The molecule has 11 atom stereocenters. The fourth-order valence-electron chi connectivity index (χ4n) is 10.3. The Hall–Kier alpha value is -4.75. The zero-order valence-electron chi connectivity index (χ0n) is 38.7. The summed E-state index contributed by atoms with van der Waals surface area (Å²) in [7, 11) is 2.88. The molecule has 1 amide bonds. The van der Waals surface area contributed by atoms with Crippen molar-refractivity contribution in [3.8, 4) is 0 Å². The molecule has 2 bridgehead atoms. The van der Waals surface area contributed by atoms with Gasteiger partial charge in [-0.3, -0.25) is 9.59 Å². The van der Waals surface area contributed by atoms with Crippen molar-refractivity contribution in [3.63, 3.8) is 0 Å². The summed E-state index contributed by atoms with van der Waals surface area (Å²) >= 11 is 0. The number of hydrogen-bond acceptors (Lipinski definition) is 16. The first-order valence-corrected chi connectivity index (χ1v) is 21.8. The third-order valence-corrected chi connectivity index (χ3v) is 13.5. The maximum atomic E-state index is 16.0. The predicted molar refractivity (Wildman–Crippen MR) is 230 cm³/mol. The summed E-state index contributed by atoms with van der Waals surface area (Å²) < 4.78 is 54.1. The third kappa shape index (κ3) is 9.33. The molecule has 356 valence electrons. The van der Waals surface area contributed by atoms with Gasteiger partial charge in [-0.25, -0.2) is 14.4 Å². The molecule has 17 nitrogen and oxygen atoms in total. The van der Waals surface area contributed by atoms with Gasteiger partial charge in [-0.1, -0.05) is 62.4 Å². The van der Waals surface area contributed by atoms with Crippen molar-refractivity contribution in [3.05, 3.63) is 82.9 Å². The van der Waals surface area contributed by atoms with Crippen LogP contribution in [0.5, 0.6) is 0 Å². The molecule has 2 aromatic carbocycles. The van der Waals surface area contributed by atoms with Gasteiger partial charge in [0.1, 0.15) is 42.4 Å². The van der Waals surface area contributed by atoms with Gasteiger partial charge in [-0.05, 0) is 63.5 Å². The fourth-order valence-corrected chi connectivity index (χ4v) is 10.3. The number of ether oxygens (including phenoxy) is 9. The number of methoxy groups -OCH3 is 2. The number of nitrogens with one attached hydrogen (secondary N) is 1. The third-order valence-electron chi connectivity index (χ3n) is 13.5. The molecule has 2 aromatic rings. The lowest BCUT2D eigenvalue weighted by Crippen LogP contribution is -2.82. The first-order chi connectivity index (χ1) is 30.6. The number of carbonyl (C=O) groups is 5.